The first-order valence-electron chi connectivity index (χ1n) is 8.56. The Hall–Kier alpha value is -4.27. The van der Waals surface area contributed by atoms with Crippen molar-refractivity contribution < 1.29 is 9.36 Å². The van der Waals surface area contributed by atoms with Crippen LogP contribution in [0.2, 0.25) is 0 Å². The van der Waals surface area contributed by atoms with Gasteiger partial charge in [-0.15, -0.1) is 11.3 Å². The predicted molar refractivity (Wildman–Crippen MR) is 110 cm³/mol. The number of pyridine rings is 1. The van der Waals surface area contributed by atoms with E-state index in [2.05, 4.69) is 15.6 Å². The normalized spacial score (nSPS) is 11.9. The number of anilines is 2. The number of aliphatic imine (C=N–C) groups is 1. The molecule has 0 atom stereocenters. The number of carbonyl (C=O) groups excluding carboxylic acids is 1. The summed E-state index contributed by atoms with van der Waals surface area (Å²) in [5.41, 5.74) is 2.17. The van der Waals surface area contributed by atoms with Gasteiger partial charge in [0.15, 0.2) is 17.0 Å². The Morgan fingerprint density at radius 3 is 2.69 bits per heavy atom. The first-order chi connectivity index (χ1) is 14.2. The highest BCUT2D eigenvalue weighted by Gasteiger charge is 2.30. The molecule has 0 fully saturated rings. The van der Waals surface area contributed by atoms with Gasteiger partial charge >= 0.3 is 5.84 Å². The van der Waals surface area contributed by atoms with E-state index < -0.39 is 0 Å². The third-order valence-corrected chi connectivity index (χ3v) is 5.00. The van der Waals surface area contributed by atoms with Gasteiger partial charge in [0, 0.05) is 0 Å². The number of hydrogen-bond donors (Lipinski definition) is 2. The van der Waals surface area contributed by atoms with Crippen molar-refractivity contribution in [2.45, 2.75) is 0 Å². The van der Waals surface area contributed by atoms with Crippen molar-refractivity contribution >= 4 is 40.1 Å². The number of nitriles is 2. The standard InChI is InChI=1S/C21H12N6OS/c22-11-14(12-23)19-20(26-17-7-2-1-6-16(17)25-19)27-9-3-5-15(13-27)24-21(28)18-8-4-10-29-18/h1-10,13,25H/p+1. The molecule has 3 heterocycles. The summed E-state index contributed by atoms with van der Waals surface area (Å²) in [6.45, 7) is 0. The number of fused-ring (bicyclic) bond motifs is 1. The van der Waals surface area contributed by atoms with Gasteiger partial charge < -0.3 is 10.6 Å². The summed E-state index contributed by atoms with van der Waals surface area (Å²) in [4.78, 5) is 17.6. The summed E-state index contributed by atoms with van der Waals surface area (Å²) in [6.07, 6.45) is 3.42. The monoisotopic (exact) mass is 397 g/mol. The number of nitrogens with one attached hydrogen (secondary N) is 2. The lowest BCUT2D eigenvalue weighted by Crippen LogP contribution is -2.46. The summed E-state index contributed by atoms with van der Waals surface area (Å²) < 4.78 is 1.66. The molecule has 0 bridgehead atoms. The molecule has 4 rings (SSSR count). The fourth-order valence-electron chi connectivity index (χ4n) is 2.82. The van der Waals surface area contributed by atoms with Gasteiger partial charge in [0.05, 0.1) is 22.4 Å². The molecule has 1 aliphatic heterocycles. The van der Waals surface area contributed by atoms with Crippen LogP contribution in [0.5, 0.6) is 0 Å². The minimum absolute atomic E-state index is 0.0845. The summed E-state index contributed by atoms with van der Waals surface area (Å²) in [7, 11) is 0. The van der Waals surface area contributed by atoms with Gasteiger partial charge in [-0.25, -0.2) is 0 Å². The molecule has 8 heteroatoms. The molecule has 29 heavy (non-hydrogen) atoms. The lowest BCUT2D eigenvalue weighted by atomic mass is 10.1. The van der Waals surface area contributed by atoms with Gasteiger partial charge in [-0.05, 0) is 40.7 Å². The second kappa shape index (κ2) is 7.77. The van der Waals surface area contributed by atoms with Gasteiger partial charge in [0.25, 0.3) is 5.91 Å². The van der Waals surface area contributed by atoms with Gasteiger partial charge in [-0.3, -0.25) is 4.79 Å². The third-order valence-electron chi connectivity index (χ3n) is 4.14. The molecule has 138 valence electrons. The van der Waals surface area contributed by atoms with Crippen LogP contribution in [-0.2, 0) is 0 Å². The maximum Gasteiger partial charge on any atom is 0.354 e. The molecular weight excluding hydrogens is 384 g/mol. The lowest BCUT2D eigenvalue weighted by molar-refractivity contribution is -0.553. The van der Waals surface area contributed by atoms with Crippen LogP contribution in [0.1, 0.15) is 9.67 Å². The SMILES string of the molecule is N#CC(C#N)=C1Nc2ccccc2N=C1[n+]1cccc(NC(=O)c2cccs2)c1. The quantitative estimate of drug-likeness (QED) is 0.509. The molecule has 2 N–H and O–H groups in total. The molecule has 1 amide bonds. The first kappa shape index (κ1) is 18.1. The highest BCUT2D eigenvalue weighted by atomic mass is 32.1. The molecule has 3 aromatic rings. The van der Waals surface area contributed by atoms with Crippen molar-refractivity contribution in [3.05, 3.63) is 82.5 Å². The second-order valence-electron chi connectivity index (χ2n) is 5.98. The highest BCUT2D eigenvalue weighted by Crippen LogP contribution is 2.31. The highest BCUT2D eigenvalue weighted by molar-refractivity contribution is 7.12. The summed E-state index contributed by atoms with van der Waals surface area (Å²) in [5, 5.41) is 26.6. The van der Waals surface area contributed by atoms with Crippen LogP contribution in [0, 0.1) is 22.7 Å². The average Bonchev–Trinajstić information content (AvgIpc) is 3.29. The summed E-state index contributed by atoms with van der Waals surface area (Å²) in [5.74, 6) is 0.173. The van der Waals surface area contributed by atoms with E-state index >= 15 is 0 Å². The number of aromatic nitrogens is 1. The van der Waals surface area contributed by atoms with Crippen LogP contribution in [0.15, 0.2) is 82.6 Å². The van der Waals surface area contributed by atoms with Crippen LogP contribution >= 0.6 is 11.3 Å². The molecule has 0 radical (unpaired) electrons. The molecule has 0 spiro atoms. The second-order valence-corrected chi connectivity index (χ2v) is 6.93. The van der Waals surface area contributed by atoms with Crippen molar-refractivity contribution in [2.24, 2.45) is 4.99 Å². The molecule has 7 nitrogen and oxygen atoms in total. The fraction of sp³-hybridized carbons (Fsp3) is 0. The van der Waals surface area contributed by atoms with E-state index in [4.69, 9.17) is 0 Å². The van der Waals surface area contributed by atoms with Crippen molar-refractivity contribution in [1.29, 1.82) is 10.5 Å². The Kier molecular flexibility index (Phi) is 4.85. The van der Waals surface area contributed by atoms with Crippen LogP contribution in [0.25, 0.3) is 0 Å². The van der Waals surface area contributed by atoms with Gasteiger partial charge in [-0.1, -0.05) is 18.2 Å². The number of carbonyl (C=O) groups is 1. The van der Waals surface area contributed by atoms with Gasteiger partial charge in [0.2, 0.25) is 0 Å². The molecule has 1 aromatic carbocycles. The molecule has 0 unspecified atom stereocenters. The Labute approximate surface area is 170 Å². The average molecular weight is 397 g/mol. The number of para-hydroxylation sites is 2. The van der Waals surface area contributed by atoms with E-state index in [1.54, 1.807) is 35.2 Å². The number of rotatable bonds is 2. The molecule has 2 aromatic heterocycles. The van der Waals surface area contributed by atoms with Crippen LogP contribution in [0.3, 0.4) is 0 Å². The van der Waals surface area contributed by atoms with Crippen molar-refractivity contribution in [1.82, 2.24) is 0 Å². The molecular formula is C21H13N6OS+. The first-order valence-corrected chi connectivity index (χ1v) is 9.43. The zero-order valence-electron chi connectivity index (χ0n) is 15.0. The van der Waals surface area contributed by atoms with E-state index in [1.165, 1.54) is 11.3 Å². The summed E-state index contributed by atoms with van der Waals surface area (Å²) >= 11 is 1.35. The van der Waals surface area contributed by atoms with Crippen molar-refractivity contribution in [3.63, 3.8) is 0 Å². The van der Waals surface area contributed by atoms with E-state index in [0.29, 0.717) is 33.5 Å². The van der Waals surface area contributed by atoms with Crippen LogP contribution < -0.4 is 15.2 Å². The van der Waals surface area contributed by atoms with Crippen molar-refractivity contribution in [2.75, 3.05) is 10.6 Å². The number of nitrogens with zero attached hydrogens (tertiary/aromatic N) is 4. The Bertz CT molecular complexity index is 1230. The van der Waals surface area contributed by atoms with E-state index in [-0.39, 0.29) is 11.5 Å². The number of allylic oxidation sites excluding steroid dienone is 2. The zero-order chi connectivity index (χ0) is 20.2. The Balaban J connectivity index is 1.77. The number of benzene rings is 1. The summed E-state index contributed by atoms with van der Waals surface area (Å²) in [6, 6.07) is 18.2. The largest absolute Gasteiger partial charge is 0.354 e. The van der Waals surface area contributed by atoms with Crippen LogP contribution in [0.4, 0.5) is 17.1 Å². The van der Waals surface area contributed by atoms with E-state index in [0.717, 1.165) is 0 Å². The lowest BCUT2D eigenvalue weighted by Gasteiger charge is -2.15. The molecule has 1 aliphatic rings. The number of amides is 1. The fourth-order valence-corrected chi connectivity index (χ4v) is 3.44. The zero-order valence-corrected chi connectivity index (χ0v) is 15.8. The molecule has 0 aliphatic carbocycles. The topological polar surface area (TPSA) is 105 Å². The van der Waals surface area contributed by atoms with E-state index in [9.17, 15) is 15.3 Å². The molecule has 0 saturated heterocycles. The molecule has 0 saturated carbocycles. The minimum atomic E-state index is -0.211. The van der Waals surface area contributed by atoms with Crippen molar-refractivity contribution in [3.8, 4) is 12.1 Å². The third kappa shape index (κ3) is 3.61. The Morgan fingerprint density at radius 2 is 1.93 bits per heavy atom. The predicted octanol–water partition coefficient (Wildman–Crippen LogP) is 3.59. The maximum absolute atomic E-state index is 12.3. The Morgan fingerprint density at radius 1 is 1.10 bits per heavy atom. The number of thiophene rings is 1. The van der Waals surface area contributed by atoms with Crippen LogP contribution in [-0.4, -0.2) is 11.7 Å². The van der Waals surface area contributed by atoms with E-state index in [1.807, 2.05) is 47.9 Å². The smallest absolute Gasteiger partial charge is 0.343 e. The minimum Gasteiger partial charge on any atom is -0.343 e. The van der Waals surface area contributed by atoms with Gasteiger partial charge in [-0.2, -0.15) is 15.1 Å². The maximum atomic E-state index is 12.3. The number of hydrogen-bond acceptors (Lipinski definition) is 6. The van der Waals surface area contributed by atoms with Gasteiger partial charge in [0.1, 0.15) is 18.3 Å².